The molecule has 0 aromatic heterocycles. The van der Waals surface area contributed by atoms with E-state index in [-0.39, 0.29) is 40.8 Å². The maximum Gasteiger partial charge on any atom is 3.00 e. The van der Waals surface area contributed by atoms with Gasteiger partial charge in [-0.2, -0.15) is 0 Å². The molecule has 0 heterocycles. The predicted molar refractivity (Wildman–Crippen MR) is 49.3 cm³/mol. The Labute approximate surface area is 114 Å². The molecule has 0 bridgehead atoms. The second-order valence-electron chi connectivity index (χ2n) is 2.60. The largest absolute Gasteiger partial charge is 3.00 e. The van der Waals surface area contributed by atoms with Crippen LogP contribution in [0, 0.1) is 40.8 Å². The average Bonchev–Trinajstić information content (AvgIpc) is 2.06. The van der Waals surface area contributed by atoms with Crippen molar-refractivity contribution in [2.75, 3.05) is 13.2 Å². The van der Waals surface area contributed by atoms with Crippen LogP contribution in [0.15, 0.2) is 0 Å². The van der Waals surface area contributed by atoms with Gasteiger partial charge in [0.2, 0.25) is 0 Å². The molecule has 0 saturated heterocycles. The van der Waals surface area contributed by atoms with Crippen LogP contribution in [-0.4, -0.2) is 13.2 Å². The normalized spacial score (nSPS) is 9.38. The van der Waals surface area contributed by atoms with Crippen LogP contribution in [0.5, 0.6) is 0 Å². The van der Waals surface area contributed by atoms with Gasteiger partial charge in [-0.15, -0.1) is 9.05 Å². The van der Waals surface area contributed by atoms with Crippen LogP contribution in [-0.2, 0) is 13.6 Å². The molecule has 0 aliphatic carbocycles. The summed E-state index contributed by atoms with van der Waals surface area (Å²) >= 11 is 0. The quantitative estimate of drug-likeness (QED) is 0.504. The maximum absolute atomic E-state index is 10.9. The first kappa shape index (κ1) is 16.8. The molecular weight excluding hydrogens is 319 g/mol. The van der Waals surface area contributed by atoms with Gasteiger partial charge in [0.15, 0.2) is 0 Å². The molecule has 0 fully saturated rings. The van der Waals surface area contributed by atoms with Crippen molar-refractivity contribution in [3.8, 4) is 0 Å². The second-order valence-corrected chi connectivity index (χ2v) is 3.56. The van der Waals surface area contributed by atoms with Gasteiger partial charge >= 0.3 is 49.1 Å². The Hall–Kier alpha value is 1.37. The average molecular weight is 337 g/mol. The molecule has 13 heavy (non-hydrogen) atoms. The molecule has 0 N–H and O–H groups in total. The third-order valence-corrected chi connectivity index (χ3v) is 2.18. The van der Waals surface area contributed by atoms with Gasteiger partial charge in [-0.05, 0) is 12.8 Å². The molecule has 3 nitrogen and oxygen atoms in total. The van der Waals surface area contributed by atoms with Crippen LogP contribution in [0.1, 0.15) is 39.5 Å². The minimum atomic E-state index is -1.85. The van der Waals surface area contributed by atoms with Gasteiger partial charge in [-0.3, -0.25) is 0 Å². The van der Waals surface area contributed by atoms with E-state index in [1.54, 1.807) is 0 Å². The SMILES string of the molecule is CCCCO[P+](=O)OCCCC.[Nd+3]. The monoisotopic (exact) mass is 335 g/mol. The van der Waals surface area contributed by atoms with Crippen molar-refractivity contribution in [1.29, 1.82) is 0 Å². The van der Waals surface area contributed by atoms with E-state index in [4.69, 9.17) is 9.05 Å². The summed E-state index contributed by atoms with van der Waals surface area (Å²) in [6, 6.07) is 0. The zero-order valence-electron chi connectivity index (χ0n) is 8.41. The molecule has 0 atom stereocenters. The fraction of sp³-hybridized carbons (Fsp3) is 1.00. The van der Waals surface area contributed by atoms with Crippen LogP contribution in [0.4, 0.5) is 0 Å². The van der Waals surface area contributed by atoms with Gasteiger partial charge in [-0.25, -0.2) is 0 Å². The van der Waals surface area contributed by atoms with E-state index in [1.165, 1.54) is 0 Å². The van der Waals surface area contributed by atoms with Gasteiger partial charge in [0.1, 0.15) is 13.2 Å². The van der Waals surface area contributed by atoms with Crippen LogP contribution < -0.4 is 0 Å². The molecule has 0 spiro atoms. The topological polar surface area (TPSA) is 35.5 Å². The molecule has 0 aromatic rings. The van der Waals surface area contributed by atoms with E-state index >= 15 is 0 Å². The Kier molecular flexibility index (Phi) is 17.3. The van der Waals surface area contributed by atoms with Gasteiger partial charge in [-0.1, -0.05) is 26.7 Å². The fourth-order valence-electron chi connectivity index (χ4n) is 0.604. The Morgan fingerprint density at radius 2 is 1.38 bits per heavy atom. The van der Waals surface area contributed by atoms with Crippen molar-refractivity contribution in [2.45, 2.75) is 39.5 Å². The van der Waals surface area contributed by atoms with Gasteiger partial charge in [0.25, 0.3) is 0 Å². The molecule has 0 unspecified atom stereocenters. The first-order valence-corrected chi connectivity index (χ1v) is 5.63. The zero-order valence-corrected chi connectivity index (χ0v) is 12.5. The molecule has 0 aliphatic rings. The Balaban J connectivity index is 0. The molecule has 0 amide bonds. The van der Waals surface area contributed by atoms with Gasteiger partial charge < -0.3 is 0 Å². The number of hydrogen-bond donors (Lipinski definition) is 0. The van der Waals surface area contributed by atoms with Crippen molar-refractivity contribution in [3.63, 3.8) is 0 Å². The summed E-state index contributed by atoms with van der Waals surface area (Å²) in [5, 5.41) is 0. The van der Waals surface area contributed by atoms with Crippen molar-refractivity contribution >= 4 is 8.25 Å². The Morgan fingerprint density at radius 3 is 1.69 bits per heavy atom. The van der Waals surface area contributed by atoms with E-state index in [2.05, 4.69) is 13.8 Å². The molecule has 0 aromatic carbocycles. The van der Waals surface area contributed by atoms with Crippen LogP contribution in [0.3, 0.4) is 0 Å². The summed E-state index contributed by atoms with van der Waals surface area (Å²) in [6.07, 6.45) is 3.99. The molecule has 73 valence electrons. The standard InChI is InChI=1S/C8H18O3P.Nd/c1-3-5-7-10-12(9)11-8-6-4-2;/h3-8H2,1-2H3;/q+1;+3. The summed E-state index contributed by atoms with van der Waals surface area (Å²) in [5.74, 6) is 0. The third kappa shape index (κ3) is 13.4. The zero-order chi connectivity index (χ0) is 9.23. The molecule has 1 radical (unpaired) electrons. The maximum atomic E-state index is 10.9. The summed E-state index contributed by atoms with van der Waals surface area (Å²) in [4.78, 5) is 0. The van der Waals surface area contributed by atoms with E-state index in [9.17, 15) is 4.57 Å². The van der Waals surface area contributed by atoms with Crippen molar-refractivity contribution in [1.82, 2.24) is 0 Å². The minimum Gasteiger partial charge on any atom is -0.119 e. The fourth-order valence-corrected chi connectivity index (χ4v) is 1.23. The molecule has 0 rings (SSSR count). The first-order valence-electron chi connectivity index (χ1n) is 4.54. The van der Waals surface area contributed by atoms with Crippen LogP contribution in [0.25, 0.3) is 0 Å². The molecule has 5 heteroatoms. The van der Waals surface area contributed by atoms with Gasteiger partial charge in [0.05, 0.1) is 0 Å². The van der Waals surface area contributed by atoms with Crippen LogP contribution in [0.2, 0.25) is 0 Å². The van der Waals surface area contributed by atoms with E-state index in [0.29, 0.717) is 13.2 Å². The summed E-state index contributed by atoms with van der Waals surface area (Å²) in [5.41, 5.74) is 0. The Morgan fingerprint density at radius 1 is 1.00 bits per heavy atom. The smallest absolute Gasteiger partial charge is 0.119 e. The summed E-state index contributed by atoms with van der Waals surface area (Å²) in [7, 11) is -1.85. The third-order valence-electron chi connectivity index (χ3n) is 1.39. The Bertz CT molecular complexity index is 110. The van der Waals surface area contributed by atoms with E-state index in [1.807, 2.05) is 0 Å². The van der Waals surface area contributed by atoms with Crippen molar-refractivity contribution in [2.24, 2.45) is 0 Å². The summed E-state index contributed by atoms with van der Waals surface area (Å²) in [6.45, 7) is 5.21. The number of unbranched alkanes of at least 4 members (excludes halogenated alkanes) is 2. The number of rotatable bonds is 8. The first-order chi connectivity index (χ1) is 5.81. The minimum absolute atomic E-state index is 0. The molecule has 0 aliphatic heterocycles. The molecular formula is C8H18NdO3P+4. The van der Waals surface area contributed by atoms with E-state index in [0.717, 1.165) is 25.7 Å². The van der Waals surface area contributed by atoms with Crippen LogP contribution >= 0.6 is 8.25 Å². The number of hydrogen-bond acceptors (Lipinski definition) is 3. The molecule has 0 saturated carbocycles. The van der Waals surface area contributed by atoms with E-state index < -0.39 is 8.25 Å². The predicted octanol–water partition coefficient (Wildman–Crippen LogP) is 3.28. The van der Waals surface area contributed by atoms with Crippen molar-refractivity contribution in [3.05, 3.63) is 0 Å². The summed E-state index contributed by atoms with van der Waals surface area (Å²) < 4.78 is 20.7. The van der Waals surface area contributed by atoms with Crippen molar-refractivity contribution < 1.29 is 54.5 Å². The van der Waals surface area contributed by atoms with Gasteiger partial charge in [0, 0.05) is 4.57 Å². The second kappa shape index (κ2) is 13.4.